The van der Waals surface area contributed by atoms with E-state index < -0.39 is 0 Å². The van der Waals surface area contributed by atoms with Crippen LogP contribution in [0.25, 0.3) is 0 Å². The van der Waals surface area contributed by atoms with Crippen LogP contribution < -0.4 is 10.6 Å². The van der Waals surface area contributed by atoms with E-state index in [1.807, 2.05) is 6.92 Å². The van der Waals surface area contributed by atoms with Gasteiger partial charge in [-0.1, -0.05) is 0 Å². The average Bonchev–Trinajstić information content (AvgIpc) is 2.18. The third-order valence-electron chi connectivity index (χ3n) is 2.39. The Bertz CT molecular complexity index is 335. The van der Waals surface area contributed by atoms with Crippen molar-refractivity contribution in [2.45, 2.75) is 26.8 Å². The second kappa shape index (κ2) is 3.92. The first-order valence-corrected chi connectivity index (χ1v) is 5.12. The third kappa shape index (κ3) is 1.70. The fraction of sp³-hybridized carbons (Fsp3) is 0.600. The van der Waals surface area contributed by atoms with Crippen LogP contribution >= 0.6 is 0 Å². The van der Waals surface area contributed by atoms with Crippen molar-refractivity contribution >= 4 is 5.82 Å². The molecule has 0 saturated heterocycles. The van der Waals surface area contributed by atoms with Crippen molar-refractivity contribution in [3.63, 3.8) is 0 Å². The van der Waals surface area contributed by atoms with E-state index in [0.29, 0.717) is 0 Å². The fourth-order valence-corrected chi connectivity index (χ4v) is 1.78. The van der Waals surface area contributed by atoms with Gasteiger partial charge in [0.25, 0.3) is 0 Å². The number of fused-ring (bicyclic) bond motifs is 1. The molecule has 0 aliphatic carbocycles. The third-order valence-corrected chi connectivity index (χ3v) is 2.39. The van der Waals surface area contributed by atoms with Crippen molar-refractivity contribution in [1.29, 1.82) is 0 Å². The molecule has 0 radical (unpaired) electrons. The Morgan fingerprint density at radius 2 is 2.29 bits per heavy atom. The highest BCUT2D eigenvalue weighted by atomic mass is 15.0. The van der Waals surface area contributed by atoms with Gasteiger partial charge in [-0.2, -0.15) is 0 Å². The predicted octanol–water partition coefficient (Wildman–Crippen LogP) is 0.863. The molecular weight excluding hydrogens is 176 g/mol. The van der Waals surface area contributed by atoms with Gasteiger partial charge in [0, 0.05) is 31.6 Å². The Kier molecular flexibility index (Phi) is 2.63. The van der Waals surface area contributed by atoms with Gasteiger partial charge >= 0.3 is 0 Å². The monoisotopic (exact) mass is 192 g/mol. The Balaban J connectivity index is 2.41. The zero-order chi connectivity index (χ0) is 9.97. The maximum Gasteiger partial charge on any atom is 0.134 e. The van der Waals surface area contributed by atoms with Gasteiger partial charge in [0.2, 0.25) is 0 Å². The minimum atomic E-state index is 0.863. The lowest BCUT2D eigenvalue weighted by atomic mass is 10.1. The molecule has 0 saturated carbocycles. The number of hydrogen-bond donors (Lipinski definition) is 2. The van der Waals surface area contributed by atoms with E-state index in [4.69, 9.17) is 0 Å². The lowest BCUT2D eigenvalue weighted by Gasteiger charge is -2.19. The molecule has 1 aromatic heterocycles. The molecule has 76 valence electrons. The van der Waals surface area contributed by atoms with Gasteiger partial charge in [-0.3, -0.25) is 0 Å². The minimum absolute atomic E-state index is 0.863. The van der Waals surface area contributed by atoms with E-state index in [9.17, 15) is 0 Å². The second-order valence-electron chi connectivity index (χ2n) is 3.50. The van der Waals surface area contributed by atoms with Crippen molar-refractivity contribution in [1.82, 2.24) is 15.3 Å². The Hall–Kier alpha value is -1.16. The molecule has 1 aromatic rings. The summed E-state index contributed by atoms with van der Waals surface area (Å²) in [6, 6.07) is 0. The first kappa shape index (κ1) is 9.40. The fourth-order valence-electron chi connectivity index (χ4n) is 1.78. The normalized spacial score (nSPS) is 15.0. The summed E-state index contributed by atoms with van der Waals surface area (Å²) >= 11 is 0. The number of rotatable bonds is 2. The van der Waals surface area contributed by atoms with Gasteiger partial charge in [0.15, 0.2) is 0 Å². The van der Waals surface area contributed by atoms with E-state index in [0.717, 1.165) is 37.7 Å². The summed E-state index contributed by atoms with van der Waals surface area (Å²) in [4.78, 5) is 8.88. The van der Waals surface area contributed by atoms with Crippen molar-refractivity contribution in [3.8, 4) is 0 Å². The Morgan fingerprint density at radius 3 is 3.07 bits per heavy atom. The van der Waals surface area contributed by atoms with Gasteiger partial charge in [-0.15, -0.1) is 0 Å². The Morgan fingerprint density at radius 1 is 1.43 bits per heavy atom. The van der Waals surface area contributed by atoms with Crippen LogP contribution in [0.5, 0.6) is 0 Å². The SMILES string of the molecule is CCNc1nc(C)nc2c1CNCC2. The zero-order valence-electron chi connectivity index (χ0n) is 8.72. The molecule has 0 unspecified atom stereocenters. The first-order chi connectivity index (χ1) is 6.81. The van der Waals surface area contributed by atoms with E-state index in [1.165, 1.54) is 11.3 Å². The summed E-state index contributed by atoms with van der Waals surface area (Å²) in [5, 5.41) is 6.62. The summed E-state index contributed by atoms with van der Waals surface area (Å²) in [7, 11) is 0. The van der Waals surface area contributed by atoms with Crippen molar-refractivity contribution in [2.75, 3.05) is 18.4 Å². The zero-order valence-corrected chi connectivity index (χ0v) is 8.72. The van der Waals surface area contributed by atoms with Crippen LogP contribution in [0.2, 0.25) is 0 Å². The van der Waals surface area contributed by atoms with Gasteiger partial charge in [-0.05, 0) is 13.8 Å². The molecule has 2 heterocycles. The van der Waals surface area contributed by atoms with E-state index >= 15 is 0 Å². The topological polar surface area (TPSA) is 49.8 Å². The molecule has 0 fully saturated rings. The first-order valence-electron chi connectivity index (χ1n) is 5.12. The summed E-state index contributed by atoms with van der Waals surface area (Å²) in [6.45, 7) is 6.85. The predicted molar refractivity (Wildman–Crippen MR) is 56.3 cm³/mol. The van der Waals surface area contributed by atoms with Crippen LogP contribution in [0.3, 0.4) is 0 Å². The van der Waals surface area contributed by atoms with Crippen LogP contribution in [-0.2, 0) is 13.0 Å². The van der Waals surface area contributed by atoms with Crippen LogP contribution in [0.4, 0.5) is 5.82 Å². The number of aromatic nitrogens is 2. The van der Waals surface area contributed by atoms with E-state index in [2.05, 4.69) is 27.5 Å². The molecule has 2 N–H and O–H groups in total. The number of nitrogens with zero attached hydrogens (tertiary/aromatic N) is 2. The average molecular weight is 192 g/mol. The van der Waals surface area contributed by atoms with Crippen LogP contribution in [0.1, 0.15) is 24.0 Å². The molecule has 0 aromatic carbocycles. The van der Waals surface area contributed by atoms with Crippen LogP contribution in [0, 0.1) is 6.92 Å². The summed E-state index contributed by atoms with van der Waals surface area (Å²) in [5.41, 5.74) is 2.44. The molecule has 2 rings (SSSR count). The van der Waals surface area contributed by atoms with Crippen molar-refractivity contribution < 1.29 is 0 Å². The summed E-state index contributed by atoms with van der Waals surface area (Å²) in [6.07, 6.45) is 1.01. The lowest BCUT2D eigenvalue weighted by Crippen LogP contribution is -2.26. The molecule has 0 bridgehead atoms. The second-order valence-corrected chi connectivity index (χ2v) is 3.50. The highest BCUT2D eigenvalue weighted by molar-refractivity contribution is 5.47. The standard InChI is InChI=1S/C10H16N4/c1-3-12-10-8-6-11-5-4-9(8)13-7(2)14-10/h11H,3-6H2,1-2H3,(H,12,13,14). The number of hydrogen-bond acceptors (Lipinski definition) is 4. The van der Waals surface area contributed by atoms with Gasteiger partial charge in [-0.25, -0.2) is 9.97 Å². The molecule has 4 heteroatoms. The smallest absolute Gasteiger partial charge is 0.134 e. The summed E-state index contributed by atoms with van der Waals surface area (Å²) in [5.74, 6) is 1.86. The molecule has 4 nitrogen and oxygen atoms in total. The maximum atomic E-state index is 4.47. The van der Waals surface area contributed by atoms with Crippen molar-refractivity contribution in [2.24, 2.45) is 0 Å². The minimum Gasteiger partial charge on any atom is -0.370 e. The number of anilines is 1. The van der Waals surface area contributed by atoms with E-state index in [1.54, 1.807) is 0 Å². The largest absolute Gasteiger partial charge is 0.370 e. The number of aryl methyl sites for hydroxylation is 1. The van der Waals surface area contributed by atoms with E-state index in [-0.39, 0.29) is 0 Å². The maximum absolute atomic E-state index is 4.47. The molecule has 1 aliphatic heterocycles. The quantitative estimate of drug-likeness (QED) is 0.729. The van der Waals surface area contributed by atoms with Crippen LogP contribution in [-0.4, -0.2) is 23.1 Å². The van der Waals surface area contributed by atoms with Gasteiger partial charge in [0.1, 0.15) is 11.6 Å². The molecule has 14 heavy (non-hydrogen) atoms. The molecule has 0 atom stereocenters. The highest BCUT2D eigenvalue weighted by Gasteiger charge is 2.15. The van der Waals surface area contributed by atoms with Crippen LogP contribution in [0.15, 0.2) is 0 Å². The van der Waals surface area contributed by atoms with Gasteiger partial charge in [0.05, 0.1) is 5.69 Å². The number of nitrogens with one attached hydrogen (secondary N) is 2. The molecule has 0 spiro atoms. The molecule has 1 aliphatic rings. The highest BCUT2D eigenvalue weighted by Crippen LogP contribution is 2.19. The lowest BCUT2D eigenvalue weighted by molar-refractivity contribution is 0.624. The summed E-state index contributed by atoms with van der Waals surface area (Å²) < 4.78 is 0. The molecular formula is C10H16N4. The van der Waals surface area contributed by atoms with Gasteiger partial charge < -0.3 is 10.6 Å². The molecule has 0 amide bonds. The van der Waals surface area contributed by atoms with Crippen molar-refractivity contribution in [3.05, 3.63) is 17.1 Å². The Labute approximate surface area is 84.2 Å².